The minimum Gasteiger partial charge on any atom is -0.335 e. The minimum absolute atomic E-state index is 0.0335. The highest BCUT2D eigenvalue weighted by atomic mass is 32.2. The first-order valence-corrected chi connectivity index (χ1v) is 12.2. The van der Waals surface area contributed by atoms with Gasteiger partial charge >= 0.3 is 6.18 Å². The van der Waals surface area contributed by atoms with E-state index in [1.165, 1.54) is 24.9 Å². The quantitative estimate of drug-likeness (QED) is 0.531. The highest BCUT2D eigenvalue weighted by Crippen LogP contribution is 2.29. The molecule has 0 bridgehead atoms. The molecule has 2 aromatic heterocycles. The number of aromatic amines is 1. The average Bonchev–Trinajstić information content (AvgIpc) is 3.33. The Kier molecular flexibility index (Phi) is 6.26. The Labute approximate surface area is 199 Å². The smallest absolute Gasteiger partial charge is 0.335 e. The second kappa shape index (κ2) is 8.91. The molecule has 3 aromatic rings. The number of hydrogen-bond donors (Lipinski definition) is 1. The van der Waals surface area contributed by atoms with Crippen LogP contribution in [0, 0.1) is 0 Å². The number of hydrogen-bond acceptors (Lipinski definition) is 6. The van der Waals surface area contributed by atoms with Gasteiger partial charge in [-0.15, -0.1) is 0 Å². The van der Waals surface area contributed by atoms with Gasteiger partial charge in [-0.1, -0.05) is 18.2 Å². The highest BCUT2D eigenvalue weighted by Gasteiger charge is 2.32. The third-order valence-corrected chi connectivity index (χ3v) is 7.77. The molecule has 1 N–H and O–H groups in total. The number of pyridine rings is 1. The second-order valence-corrected chi connectivity index (χ2v) is 10.8. The Morgan fingerprint density at radius 3 is 2.49 bits per heavy atom. The fourth-order valence-electron chi connectivity index (χ4n) is 3.77. The average molecular weight is 507 g/mol. The van der Waals surface area contributed by atoms with Crippen LogP contribution in [0.15, 0.2) is 47.9 Å². The number of fused-ring (bicyclic) bond motifs is 1. The normalized spacial score (nSPS) is 14.2. The van der Waals surface area contributed by atoms with Crippen LogP contribution in [0.3, 0.4) is 0 Å². The molecular weight excluding hydrogens is 485 g/mol. The number of nitrogens with one attached hydrogen (secondary N) is 1. The van der Waals surface area contributed by atoms with E-state index in [-0.39, 0.29) is 29.6 Å². The summed E-state index contributed by atoms with van der Waals surface area (Å²) in [7, 11) is -3.66. The monoisotopic (exact) mass is 506 g/mol. The van der Waals surface area contributed by atoms with E-state index in [1.54, 1.807) is 18.2 Å². The van der Waals surface area contributed by atoms with E-state index in [0.717, 1.165) is 12.1 Å². The minimum atomic E-state index is -4.55. The number of nitrogens with zero attached hydrogens (tertiary/aromatic N) is 3. The fourth-order valence-corrected chi connectivity index (χ4v) is 4.67. The maximum Gasteiger partial charge on any atom is 0.417 e. The summed E-state index contributed by atoms with van der Waals surface area (Å²) < 4.78 is 62.9. The lowest BCUT2D eigenvalue weighted by molar-refractivity contribution is -0.137. The summed E-state index contributed by atoms with van der Waals surface area (Å²) >= 11 is 0. The van der Waals surface area contributed by atoms with Gasteiger partial charge < -0.3 is 9.88 Å². The predicted molar refractivity (Wildman–Crippen MR) is 118 cm³/mol. The van der Waals surface area contributed by atoms with Gasteiger partial charge in [-0.3, -0.25) is 14.6 Å². The maximum absolute atomic E-state index is 13.0. The zero-order valence-corrected chi connectivity index (χ0v) is 19.6. The Bertz CT molecular complexity index is 1400. The Balaban J connectivity index is 1.55. The predicted octanol–water partition coefficient (Wildman–Crippen LogP) is 3.44. The van der Waals surface area contributed by atoms with Gasteiger partial charge in [0.1, 0.15) is 11.4 Å². The molecule has 1 aliphatic heterocycles. The molecule has 0 spiro atoms. The lowest BCUT2D eigenvalue weighted by Gasteiger charge is -2.29. The number of rotatable bonds is 5. The van der Waals surface area contributed by atoms with E-state index < -0.39 is 38.5 Å². The number of benzene rings is 1. The molecule has 0 unspecified atom stereocenters. The van der Waals surface area contributed by atoms with Gasteiger partial charge in [0, 0.05) is 31.0 Å². The van der Waals surface area contributed by atoms with Crippen LogP contribution < -0.4 is 0 Å². The summed E-state index contributed by atoms with van der Waals surface area (Å²) in [5.41, 5.74) is 0.614. The van der Waals surface area contributed by atoms with Gasteiger partial charge in [-0.05, 0) is 43.5 Å². The van der Waals surface area contributed by atoms with Crippen LogP contribution in [-0.2, 0) is 29.0 Å². The van der Waals surface area contributed by atoms with E-state index in [9.17, 15) is 31.2 Å². The summed E-state index contributed by atoms with van der Waals surface area (Å²) in [6, 6.07) is 6.82. The molecule has 8 nitrogen and oxygen atoms in total. The van der Waals surface area contributed by atoms with Crippen LogP contribution >= 0.6 is 0 Å². The van der Waals surface area contributed by atoms with Crippen LogP contribution in [0.5, 0.6) is 0 Å². The summed E-state index contributed by atoms with van der Waals surface area (Å²) in [4.78, 5) is 37.6. The summed E-state index contributed by atoms with van der Waals surface area (Å²) in [5.74, 6) is -0.968. The zero-order valence-electron chi connectivity index (χ0n) is 18.8. The van der Waals surface area contributed by atoms with Crippen molar-refractivity contribution >= 4 is 21.5 Å². The molecule has 0 saturated heterocycles. The van der Waals surface area contributed by atoms with Crippen LogP contribution in [0.2, 0.25) is 0 Å². The van der Waals surface area contributed by atoms with Gasteiger partial charge in [0.25, 0.3) is 5.91 Å². The Hall–Kier alpha value is -3.54. The SMILES string of the molecule is CC(C)S(=O)(=O)c1nc(C(=O)N2CCc3c(cccc3C(=O)c3ccc(C(F)(F)F)cn3)C2)c[nH]1. The maximum atomic E-state index is 13.0. The zero-order chi connectivity index (χ0) is 25.5. The highest BCUT2D eigenvalue weighted by molar-refractivity contribution is 7.91. The van der Waals surface area contributed by atoms with Crippen LogP contribution in [0.1, 0.15) is 57.1 Å². The first-order chi connectivity index (χ1) is 16.4. The van der Waals surface area contributed by atoms with Crippen LogP contribution in [0.4, 0.5) is 13.2 Å². The first kappa shape index (κ1) is 24.6. The number of imidazole rings is 1. The van der Waals surface area contributed by atoms with Gasteiger partial charge in [-0.25, -0.2) is 13.4 Å². The Morgan fingerprint density at radius 2 is 1.86 bits per heavy atom. The molecule has 0 fully saturated rings. The van der Waals surface area contributed by atoms with Crippen molar-refractivity contribution in [1.29, 1.82) is 0 Å². The number of amides is 1. The van der Waals surface area contributed by atoms with Crippen molar-refractivity contribution in [2.45, 2.75) is 43.4 Å². The van der Waals surface area contributed by atoms with Gasteiger partial charge in [0.15, 0.2) is 0 Å². The van der Waals surface area contributed by atoms with Crippen molar-refractivity contribution in [3.8, 4) is 0 Å². The number of carbonyl (C=O) groups is 2. The van der Waals surface area contributed by atoms with Crippen molar-refractivity contribution < 1.29 is 31.2 Å². The molecule has 35 heavy (non-hydrogen) atoms. The summed E-state index contributed by atoms with van der Waals surface area (Å²) in [5, 5.41) is -0.973. The van der Waals surface area contributed by atoms with Gasteiger partial charge in [-0.2, -0.15) is 13.2 Å². The molecule has 1 aliphatic rings. The van der Waals surface area contributed by atoms with Crippen molar-refractivity contribution in [2.75, 3.05) is 6.54 Å². The number of sulfone groups is 1. The number of alkyl halides is 3. The molecular formula is C23H21F3N4O4S. The topological polar surface area (TPSA) is 113 Å². The number of halogens is 3. The first-order valence-electron chi connectivity index (χ1n) is 10.7. The third-order valence-electron chi connectivity index (χ3n) is 5.78. The molecule has 1 aromatic carbocycles. The number of ketones is 1. The van der Waals surface area contributed by atoms with Gasteiger partial charge in [0.05, 0.1) is 10.8 Å². The van der Waals surface area contributed by atoms with Crippen molar-refractivity contribution in [3.63, 3.8) is 0 Å². The molecule has 0 aliphatic carbocycles. The van der Waals surface area contributed by atoms with Crippen LogP contribution in [0.25, 0.3) is 0 Å². The van der Waals surface area contributed by atoms with E-state index in [2.05, 4.69) is 15.0 Å². The van der Waals surface area contributed by atoms with Gasteiger partial charge in [0.2, 0.25) is 20.8 Å². The fraction of sp³-hybridized carbons (Fsp3) is 0.304. The molecule has 12 heteroatoms. The van der Waals surface area contributed by atoms with E-state index >= 15 is 0 Å². The van der Waals surface area contributed by atoms with E-state index in [1.807, 2.05) is 0 Å². The Morgan fingerprint density at radius 1 is 1.11 bits per heavy atom. The molecule has 0 saturated carbocycles. The molecule has 1 amide bonds. The number of H-pyrrole nitrogens is 1. The molecule has 0 atom stereocenters. The summed E-state index contributed by atoms with van der Waals surface area (Å²) in [6.07, 6.45) is -2.35. The standard InChI is InChI=1S/C23H21F3N4O4S/c1-13(2)35(33,34)22-28-11-19(29-22)21(32)30-9-8-16-14(12-30)4-3-5-17(16)20(31)18-7-6-15(10-27-18)23(24,25)26/h3-7,10-11,13H,8-9,12H2,1-2H3,(H,28,29). The number of aromatic nitrogens is 3. The molecule has 0 radical (unpaired) electrons. The second-order valence-electron chi connectivity index (χ2n) is 8.36. The van der Waals surface area contributed by atoms with E-state index in [0.29, 0.717) is 29.3 Å². The summed E-state index contributed by atoms with van der Waals surface area (Å²) in [6.45, 7) is 3.44. The third kappa shape index (κ3) is 4.70. The lowest BCUT2D eigenvalue weighted by Crippen LogP contribution is -2.36. The lowest BCUT2D eigenvalue weighted by atomic mass is 9.91. The molecule has 184 valence electrons. The van der Waals surface area contributed by atoms with Crippen molar-refractivity contribution in [2.24, 2.45) is 0 Å². The molecule has 3 heterocycles. The van der Waals surface area contributed by atoms with Crippen molar-refractivity contribution in [1.82, 2.24) is 19.9 Å². The largest absolute Gasteiger partial charge is 0.417 e. The van der Waals surface area contributed by atoms with E-state index in [4.69, 9.17) is 0 Å². The van der Waals surface area contributed by atoms with Crippen LogP contribution in [-0.4, -0.2) is 51.8 Å². The van der Waals surface area contributed by atoms with Crippen molar-refractivity contribution in [3.05, 3.63) is 76.4 Å². The number of carbonyl (C=O) groups excluding carboxylic acids is 2. The molecule has 4 rings (SSSR count).